The van der Waals surface area contributed by atoms with Crippen molar-refractivity contribution in [3.05, 3.63) is 76.5 Å². The van der Waals surface area contributed by atoms with E-state index in [-0.39, 0.29) is 12.2 Å². The van der Waals surface area contributed by atoms with E-state index >= 15 is 0 Å². The van der Waals surface area contributed by atoms with Crippen LogP contribution in [0.4, 0.5) is 0 Å². The van der Waals surface area contributed by atoms with E-state index in [0.29, 0.717) is 5.82 Å². The Morgan fingerprint density at radius 3 is 2.48 bits per heavy atom. The van der Waals surface area contributed by atoms with E-state index < -0.39 is 11.7 Å². The monoisotopic (exact) mass is 362 g/mol. The first-order chi connectivity index (χ1) is 13.1. The van der Waals surface area contributed by atoms with Gasteiger partial charge >= 0.3 is 11.7 Å². The molecular formula is C18H14N6O3. The third-order valence-corrected chi connectivity index (χ3v) is 4.22. The molecular weight excluding hydrogens is 348 g/mol. The summed E-state index contributed by atoms with van der Waals surface area (Å²) >= 11 is 0. The molecule has 0 aliphatic carbocycles. The van der Waals surface area contributed by atoms with Crippen molar-refractivity contribution in [1.29, 1.82) is 0 Å². The van der Waals surface area contributed by atoms with Crippen molar-refractivity contribution in [2.75, 3.05) is 0 Å². The van der Waals surface area contributed by atoms with E-state index in [2.05, 4.69) is 25.6 Å². The number of nitrogens with zero attached hydrogens (tertiary/aromatic N) is 4. The molecule has 0 bridgehead atoms. The van der Waals surface area contributed by atoms with Crippen molar-refractivity contribution in [3.63, 3.8) is 0 Å². The van der Waals surface area contributed by atoms with E-state index in [1.807, 2.05) is 48.5 Å². The molecule has 0 saturated heterocycles. The fraction of sp³-hybridized carbons (Fsp3) is 0.0556. The highest BCUT2D eigenvalue weighted by Crippen LogP contribution is 2.29. The van der Waals surface area contributed by atoms with Crippen molar-refractivity contribution in [2.45, 2.75) is 6.54 Å². The molecule has 0 aliphatic heterocycles. The number of carboxylic acid groups (broad SMARTS) is 1. The standard InChI is InChI=1S/C18H14N6O3/c25-17(26)15-9-19-18(27)24(15)10-11-5-7-12(8-6-11)13-3-1-2-4-14(13)16-20-22-23-21-16/h1-9H,10H2,(H,19,27)(H,25,26)(H,20,21,22,23). The van der Waals surface area contributed by atoms with Crippen LogP contribution in [0.2, 0.25) is 0 Å². The summed E-state index contributed by atoms with van der Waals surface area (Å²) in [6.45, 7) is 0.165. The van der Waals surface area contributed by atoms with Crippen LogP contribution in [-0.2, 0) is 6.54 Å². The van der Waals surface area contributed by atoms with Gasteiger partial charge in [0.15, 0.2) is 5.82 Å². The molecule has 134 valence electrons. The summed E-state index contributed by atoms with van der Waals surface area (Å²) in [7, 11) is 0. The molecule has 2 aromatic heterocycles. The third kappa shape index (κ3) is 3.13. The van der Waals surface area contributed by atoms with Gasteiger partial charge < -0.3 is 10.1 Å². The highest BCUT2D eigenvalue weighted by molar-refractivity contribution is 5.85. The number of tetrazole rings is 1. The van der Waals surface area contributed by atoms with Gasteiger partial charge in [-0.25, -0.2) is 14.7 Å². The van der Waals surface area contributed by atoms with Crippen LogP contribution in [-0.4, -0.2) is 41.3 Å². The van der Waals surface area contributed by atoms with E-state index in [0.717, 1.165) is 22.3 Å². The predicted octanol–water partition coefficient (Wildman–Crippen LogP) is 1.77. The number of H-pyrrole nitrogens is 2. The lowest BCUT2D eigenvalue weighted by molar-refractivity contribution is 0.0685. The highest BCUT2D eigenvalue weighted by Gasteiger charge is 2.14. The Balaban J connectivity index is 1.66. The van der Waals surface area contributed by atoms with Crippen LogP contribution in [0.5, 0.6) is 0 Å². The van der Waals surface area contributed by atoms with E-state index in [4.69, 9.17) is 0 Å². The largest absolute Gasteiger partial charge is 0.477 e. The van der Waals surface area contributed by atoms with Crippen LogP contribution < -0.4 is 5.69 Å². The summed E-state index contributed by atoms with van der Waals surface area (Å²) in [5.74, 6) is -0.584. The number of aromatic nitrogens is 6. The molecule has 4 aromatic rings. The molecule has 0 amide bonds. The second kappa shape index (κ2) is 6.71. The average molecular weight is 362 g/mol. The van der Waals surface area contributed by atoms with Gasteiger partial charge in [-0.2, -0.15) is 0 Å². The summed E-state index contributed by atoms with van der Waals surface area (Å²) in [6, 6.07) is 15.3. The van der Waals surface area contributed by atoms with Crippen LogP contribution in [0.3, 0.4) is 0 Å². The Kier molecular flexibility index (Phi) is 4.09. The maximum Gasteiger partial charge on any atom is 0.354 e. The Bertz CT molecular complexity index is 1140. The predicted molar refractivity (Wildman–Crippen MR) is 96.2 cm³/mol. The zero-order valence-corrected chi connectivity index (χ0v) is 14.0. The molecule has 0 saturated carbocycles. The molecule has 2 aromatic carbocycles. The smallest absolute Gasteiger partial charge is 0.354 e. The first-order valence-electron chi connectivity index (χ1n) is 8.07. The Morgan fingerprint density at radius 1 is 1.07 bits per heavy atom. The van der Waals surface area contributed by atoms with E-state index in [1.165, 1.54) is 10.8 Å². The molecule has 2 heterocycles. The zero-order valence-electron chi connectivity index (χ0n) is 14.0. The van der Waals surface area contributed by atoms with E-state index in [1.54, 1.807) is 0 Å². The number of benzene rings is 2. The summed E-state index contributed by atoms with van der Waals surface area (Å²) < 4.78 is 1.19. The van der Waals surface area contributed by atoms with Gasteiger partial charge in [-0.15, -0.1) is 5.10 Å². The van der Waals surface area contributed by atoms with Crippen molar-refractivity contribution < 1.29 is 9.90 Å². The molecule has 27 heavy (non-hydrogen) atoms. The minimum atomic E-state index is -1.15. The minimum Gasteiger partial charge on any atom is -0.477 e. The average Bonchev–Trinajstić information content (AvgIpc) is 3.33. The Morgan fingerprint density at radius 2 is 1.81 bits per heavy atom. The fourth-order valence-electron chi connectivity index (χ4n) is 2.92. The maximum absolute atomic E-state index is 11.8. The second-order valence-electron chi connectivity index (χ2n) is 5.86. The molecule has 4 rings (SSSR count). The SMILES string of the molecule is O=C(O)c1c[nH]c(=O)n1Cc1ccc(-c2ccccc2-c2nnn[nH]2)cc1. The summed E-state index contributed by atoms with van der Waals surface area (Å²) in [4.78, 5) is 25.5. The maximum atomic E-state index is 11.8. The second-order valence-corrected chi connectivity index (χ2v) is 5.86. The van der Waals surface area contributed by atoms with Gasteiger partial charge in [-0.05, 0) is 27.1 Å². The summed E-state index contributed by atoms with van der Waals surface area (Å²) in [5, 5.41) is 23.1. The molecule has 0 atom stereocenters. The molecule has 0 spiro atoms. The van der Waals surface area contributed by atoms with Gasteiger partial charge in [0, 0.05) is 11.8 Å². The molecule has 0 radical (unpaired) electrons. The number of carboxylic acids is 1. The van der Waals surface area contributed by atoms with Crippen LogP contribution in [0, 0.1) is 0 Å². The van der Waals surface area contributed by atoms with Gasteiger partial charge in [-0.3, -0.25) is 4.57 Å². The molecule has 9 heteroatoms. The summed E-state index contributed by atoms with van der Waals surface area (Å²) in [5.41, 5.74) is 3.04. The molecule has 9 nitrogen and oxygen atoms in total. The normalized spacial score (nSPS) is 10.8. The number of carbonyl (C=O) groups is 1. The van der Waals surface area contributed by atoms with Crippen LogP contribution >= 0.6 is 0 Å². The highest BCUT2D eigenvalue weighted by atomic mass is 16.4. The quantitative estimate of drug-likeness (QED) is 0.496. The minimum absolute atomic E-state index is 0.0766. The number of aromatic amines is 2. The fourth-order valence-corrected chi connectivity index (χ4v) is 2.92. The van der Waals surface area contributed by atoms with Gasteiger partial charge in [-0.1, -0.05) is 48.5 Å². The lowest BCUT2D eigenvalue weighted by Crippen LogP contribution is -2.21. The van der Waals surface area contributed by atoms with Gasteiger partial charge in [0.05, 0.1) is 6.54 Å². The number of hydrogen-bond acceptors (Lipinski definition) is 5. The number of hydrogen-bond donors (Lipinski definition) is 3. The first-order valence-corrected chi connectivity index (χ1v) is 8.07. The number of rotatable bonds is 5. The molecule has 0 fully saturated rings. The topological polar surface area (TPSA) is 130 Å². The van der Waals surface area contributed by atoms with Crippen LogP contribution in [0.25, 0.3) is 22.5 Å². The lowest BCUT2D eigenvalue weighted by atomic mass is 9.98. The van der Waals surface area contributed by atoms with Crippen molar-refractivity contribution in [3.8, 4) is 22.5 Å². The number of imidazole rings is 1. The Hall–Kier alpha value is -4.01. The van der Waals surface area contributed by atoms with Gasteiger partial charge in [0.25, 0.3) is 0 Å². The number of aromatic carboxylic acids is 1. The molecule has 3 N–H and O–H groups in total. The third-order valence-electron chi connectivity index (χ3n) is 4.22. The van der Waals surface area contributed by atoms with Crippen LogP contribution in [0.1, 0.15) is 16.1 Å². The van der Waals surface area contributed by atoms with Gasteiger partial charge in [0.1, 0.15) is 5.69 Å². The van der Waals surface area contributed by atoms with Crippen molar-refractivity contribution in [1.82, 2.24) is 30.2 Å². The zero-order chi connectivity index (χ0) is 18.8. The van der Waals surface area contributed by atoms with Crippen molar-refractivity contribution in [2.24, 2.45) is 0 Å². The summed E-state index contributed by atoms with van der Waals surface area (Å²) in [6.07, 6.45) is 1.20. The van der Waals surface area contributed by atoms with Crippen LogP contribution in [0.15, 0.2) is 59.5 Å². The Labute approximate surface area is 152 Å². The number of nitrogens with one attached hydrogen (secondary N) is 2. The first kappa shape index (κ1) is 16.5. The van der Waals surface area contributed by atoms with Crippen molar-refractivity contribution >= 4 is 5.97 Å². The molecule has 0 aliphatic rings. The lowest BCUT2D eigenvalue weighted by Gasteiger charge is -2.09. The van der Waals surface area contributed by atoms with E-state index in [9.17, 15) is 14.7 Å². The van der Waals surface area contributed by atoms with Gasteiger partial charge in [0.2, 0.25) is 0 Å². The molecule has 0 unspecified atom stereocenters.